The van der Waals surface area contributed by atoms with Gasteiger partial charge in [-0.25, -0.2) is 9.38 Å². The van der Waals surface area contributed by atoms with Crippen LogP contribution in [0.3, 0.4) is 0 Å². The van der Waals surface area contributed by atoms with E-state index >= 15 is 0 Å². The van der Waals surface area contributed by atoms with E-state index < -0.39 is 23.9 Å². The zero-order valence-electron chi connectivity index (χ0n) is 13.4. The van der Waals surface area contributed by atoms with E-state index in [9.17, 15) is 22.4 Å². The summed E-state index contributed by atoms with van der Waals surface area (Å²) in [5.74, 6) is -4.49. The lowest BCUT2D eigenvalue weighted by Gasteiger charge is -2.28. The van der Waals surface area contributed by atoms with Gasteiger partial charge in [0.05, 0.1) is 5.36 Å². The minimum absolute atomic E-state index is 0.0538. The van der Waals surface area contributed by atoms with Crippen LogP contribution >= 0.6 is 0 Å². The summed E-state index contributed by atoms with van der Waals surface area (Å²) >= 11 is 0. The number of aryl methyl sites for hydroxylation is 1. The first kappa shape index (κ1) is 16.5. The van der Waals surface area contributed by atoms with Crippen molar-refractivity contribution in [2.45, 2.75) is 13.1 Å². The summed E-state index contributed by atoms with van der Waals surface area (Å²) in [6.45, 7) is 1.58. The first-order valence-corrected chi connectivity index (χ1v) is 7.75. The molecule has 26 heavy (non-hydrogen) atoms. The molecule has 2 aliphatic rings. The van der Waals surface area contributed by atoms with Crippen LogP contribution in [0.25, 0.3) is 11.3 Å². The molecule has 0 fully saturated rings. The Balaban J connectivity index is 2.12. The molecule has 0 aromatic heterocycles. The van der Waals surface area contributed by atoms with Gasteiger partial charge in [-0.2, -0.15) is 13.2 Å². The van der Waals surface area contributed by atoms with Crippen molar-refractivity contribution in [1.82, 2.24) is 0 Å². The minimum atomic E-state index is -4.84. The smallest absolute Gasteiger partial charge is 0.406 e. The second-order valence-corrected chi connectivity index (χ2v) is 6.08. The van der Waals surface area contributed by atoms with Gasteiger partial charge in [0.1, 0.15) is 11.5 Å². The van der Waals surface area contributed by atoms with E-state index in [-0.39, 0.29) is 27.9 Å². The molecule has 2 aliphatic heterocycles. The van der Waals surface area contributed by atoms with Crippen LogP contribution < -0.4 is 10.6 Å². The summed E-state index contributed by atoms with van der Waals surface area (Å²) < 4.78 is 59.6. The normalized spacial score (nSPS) is 19.0. The molecular formula is C19H11F4NO2. The van der Waals surface area contributed by atoms with Crippen molar-refractivity contribution >= 4 is 17.3 Å². The monoisotopic (exact) mass is 361 g/mol. The maximum Gasteiger partial charge on any atom is 0.406 e. The highest BCUT2D eigenvalue weighted by molar-refractivity contribution is 6.00. The van der Waals surface area contributed by atoms with Crippen molar-refractivity contribution in [3.05, 3.63) is 75.7 Å². The van der Waals surface area contributed by atoms with Gasteiger partial charge in [-0.3, -0.25) is 4.79 Å². The van der Waals surface area contributed by atoms with Gasteiger partial charge < -0.3 is 4.74 Å². The number of nitrogens with zero attached hydrogens (tertiary/aromatic N) is 1. The molecule has 0 saturated carbocycles. The van der Waals surface area contributed by atoms with Crippen LogP contribution in [-0.4, -0.2) is 12.1 Å². The molecule has 0 bridgehead atoms. The van der Waals surface area contributed by atoms with Gasteiger partial charge in [0.15, 0.2) is 11.7 Å². The Hall–Kier alpha value is -2.96. The molecule has 0 N–H and O–H groups in total. The van der Waals surface area contributed by atoms with Gasteiger partial charge in [0, 0.05) is 16.9 Å². The van der Waals surface area contributed by atoms with Crippen LogP contribution in [0, 0.1) is 18.7 Å². The fourth-order valence-electron chi connectivity index (χ4n) is 3.31. The van der Waals surface area contributed by atoms with Crippen molar-refractivity contribution in [1.29, 1.82) is 0 Å². The number of halogens is 4. The lowest BCUT2D eigenvalue weighted by Crippen LogP contribution is -2.37. The third-order valence-electron chi connectivity index (χ3n) is 4.35. The second kappa shape index (κ2) is 5.52. The largest absolute Gasteiger partial charge is 0.423 e. The molecule has 0 aliphatic carbocycles. The average molecular weight is 361 g/mol. The van der Waals surface area contributed by atoms with Crippen LogP contribution in [0.4, 0.5) is 17.6 Å². The zero-order chi connectivity index (χ0) is 18.6. The number of hydrogen-bond donors (Lipinski definition) is 0. The lowest BCUT2D eigenvalue weighted by atomic mass is 9.87. The topological polar surface area (TPSA) is 38.7 Å². The van der Waals surface area contributed by atoms with E-state index in [0.29, 0.717) is 10.8 Å². The van der Waals surface area contributed by atoms with Gasteiger partial charge in [0.2, 0.25) is 0 Å². The highest BCUT2D eigenvalue weighted by Gasteiger charge is 2.53. The van der Waals surface area contributed by atoms with Gasteiger partial charge >= 0.3 is 12.1 Å². The van der Waals surface area contributed by atoms with Crippen molar-refractivity contribution in [3.8, 4) is 0 Å². The first-order chi connectivity index (χ1) is 12.3. The zero-order valence-corrected chi connectivity index (χ0v) is 13.4. The Morgan fingerprint density at radius 1 is 1.12 bits per heavy atom. The predicted molar refractivity (Wildman–Crippen MR) is 84.3 cm³/mol. The Morgan fingerprint density at radius 3 is 2.46 bits per heavy atom. The maximum atomic E-state index is 13.7. The van der Waals surface area contributed by atoms with E-state index in [1.54, 1.807) is 25.1 Å². The van der Waals surface area contributed by atoms with E-state index in [2.05, 4.69) is 4.99 Å². The molecule has 2 aromatic rings. The molecule has 0 spiro atoms. The van der Waals surface area contributed by atoms with Crippen molar-refractivity contribution in [2.24, 2.45) is 10.9 Å². The van der Waals surface area contributed by atoms with Crippen LogP contribution in [0.5, 0.6) is 0 Å². The van der Waals surface area contributed by atoms with E-state index in [0.717, 1.165) is 6.07 Å². The number of fused-ring (bicyclic) bond motifs is 2. The Bertz CT molecular complexity index is 1090. The molecule has 0 radical (unpaired) electrons. The number of alkyl halides is 3. The number of rotatable bonds is 1. The maximum absolute atomic E-state index is 13.7. The molecule has 132 valence electrons. The van der Waals surface area contributed by atoms with E-state index in [1.165, 1.54) is 18.2 Å². The average Bonchev–Trinajstić information content (AvgIpc) is 2.91. The predicted octanol–water partition coefficient (Wildman–Crippen LogP) is 3.02. The van der Waals surface area contributed by atoms with Crippen molar-refractivity contribution < 1.29 is 27.1 Å². The molecule has 0 saturated heterocycles. The highest BCUT2D eigenvalue weighted by atomic mass is 19.4. The number of carbonyl (C=O) groups excluding carboxylic acids is 1. The molecule has 2 aromatic carbocycles. The summed E-state index contributed by atoms with van der Waals surface area (Å²) in [6, 6.07) is 10.1. The summed E-state index contributed by atoms with van der Waals surface area (Å²) in [5, 5.41) is 0.486. The number of carbonyl (C=O) groups is 1. The number of hydrogen-bond acceptors (Lipinski definition) is 3. The minimum Gasteiger partial charge on any atom is -0.423 e. The van der Waals surface area contributed by atoms with Gasteiger partial charge in [-0.1, -0.05) is 30.3 Å². The number of ether oxygens (including phenoxy) is 1. The van der Waals surface area contributed by atoms with Crippen LogP contribution in [0.15, 0.2) is 53.2 Å². The summed E-state index contributed by atoms with van der Waals surface area (Å²) in [5.41, 5.74) is 0.287. The molecule has 3 nitrogen and oxygen atoms in total. The summed E-state index contributed by atoms with van der Waals surface area (Å²) in [4.78, 5) is 16.4. The molecule has 7 heteroatoms. The Labute approximate surface area is 144 Å². The molecular weight excluding hydrogens is 350 g/mol. The standard InChI is InChI=1S/C19H11F4NO2/c1-9-7-11(20)8-12-13(9)17-16(24-12)14(10-5-3-2-4-6-10)15(18(25)26-17)19(21,22)23/h2-8,15H,1H3. The first-order valence-electron chi connectivity index (χ1n) is 7.75. The lowest BCUT2D eigenvalue weighted by molar-refractivity contribution is -0.182. The second-order valence-electron chi connectivity index (χ2n) is 6.08. The van der Waals surface area contributed by atoms with Crippen LogP contribution in [-0.2, 0) is 9.53 Å². The summed E-state index contributed by atoms with van der Waals surface area (Å²) in [7, 11) is 0. The molecule has 2 heterocycles. The molecule has 4 rings (SSSR count). The van der Waals surface area contributed by atoms with Gasteiger partial charge in [0.25, 0.3) is 0 Å². The highest BCUT2D eigenvalue weighted by Crippen LogP contribution is 2.45. The Morgan fingerprint density at radius 2 is 1.81 bits per heavy atom. The van der Waals surface area contributed by atoms with Crippen molar-refractivity contribution in [3.63, 3.8) is 0 Å². The molecule has 1 atom stereocenters. The van der Waals surface area contributed by atoms with Gasteiger partial charge in [-0.15, -0.1) is 0 Å². The third kappa shape index (κ3) is 2.42. The fourth-order valence-corrected chi connectivity index (χ4v) is 3.31. The third-order valence-corrected chi connectivity index (χ3v) is 4.35. The van der Waals surface area contributed by atoms with Gasteiger partial charge in [-0.05, 0) is 24.1 Å². The van der Waals surface area contributed by atoms with Crippen molar-refractivity contribution in [2.75, 3.05) is 0 Å². The fraction of sp³-hybridized carbons (Fsp3) is 0.158. The van der Waals surface area contributed by atoms with Crippen LogP contribution in [0.1, 0.15) is 11.1 Å². The number of benzene rings is 2. The quantitative estimate of drug-likeness (QED) is 0.579. The van der Waals surface area contributed by atoms with E-state index in [4.69, 9.17) is 4.74 Å². The summed E-state index contributed by atoms with van der Waals surface area (Å²) in [6.07, 6.45) is -4.84. The van der Waals surface area contributed by atoms with E-state index in [1.807, 2.05) is 0 Å². The van der Waals surface area contributed by atoms with Crippen LogP contribution in [0.2, 0.25) is 0 Å². The molecule has 1 unspecified atom stereocenters. The number of esters is 1. The SMILES string of the molecule is Cc1cc(F)cc2c1=C1OC(=O)C(C(F)(F)F)C(c3ccccc3)=C1N=2. The molecule has 0 amide bonds. The Kier molecular flexibility index (Phi) is 3.50.